The quantitative estimate of drug-likeness (QED) is 0.920. The summed E-state index contributed by atoms with van der Waals surface area (Å²) in [4.78, 5) is 21.0. The van der Waals surface area contributed by atoms with Crippen molar-refractivity contribution >= 4 is 5.82 Å². The van der Waals surface area contributed by atoms with Gasteiger partial charge in [0.1, 0.15) is 5.82 Å². The highest BCUT2D eigenvalue weighted by atomic mass is 16.5. The monoisotopic (exact) mass is 341 g/mol. The molecule has 7 nitrogen and oxygen atoms in total. The molecule has 1 aliphatic heterocycles. The zero-order valence-corrected chi connectivity index (χ0v) is 14.4. The maximum absolute atomic E-state index is 12.4. The summed E-state index contributed by atoms with van der Waals surface area (Å²) in [7, 11) is 0. The van der Waals surface area contributed by atoms with E-state index in [2.05, 4.69) is 20.4 Å². The van der Waals surface area contributed by atoms with Gasteiger partial charge >= 0.3 is 0 Å². The Bertz CT molecular complexity index is 811. The Morgan fingerprint density at radius 3 is 2.80 bits per heavy atom. The Kier molecular flexibility index (Phi) is 4.48. The number of nitrogens with one attached hydrogen (secondary N) is 1. The highest BCUT2D eigenvalue weighted by Crippen LogP contribution is 2.29. The molecule has 0 amide bonds. The molecule has 1 fully saturated rings. The van der Waals surface area contributed by atoms with Crippen LogP contribution in [0.5, 0.6) is 0 Å². The number of aromatic nitrogens is 4. The van der Waals surface area contributed by atoms with E-state index in [0.717, 1.165) is 54.9 Å². The molecule has 4 rings (SSSR count). The van der Waals surface area contributed by atoms with E-state index in [1.165, 1.54) is 0 Å². The van der Waals surface area contributed by atoms with Crippen molar-refractivity contribution in [1.82, 2.24) is 19.7 Å². The average molecular weight is 341 g/mol. The van der Waals surface area contributed by atoms with Crippen LogP contribution in [0, 0.1) is 6.92 Å². The lowest BCUT2D eigenvalue weighted by Gasteiger charge is -2.30. The van der Waals surface area contributed by atoms with Gasteiger partial charge in [-0.15, -0.1) is 0 Å². The lowest BCUT2D eigenvalue weighted by atomic mass is 9.91. The van der Waals surface area contributed by atoms with Gasteiger partial charge in [-0.05, 0) is 32.6 Å². The Morgan fingerprint density at radius 1 is 1.20 bits per heavy atom. The fourth-order valence-electron chi connectivity index (χ4n) is 3.70. The van der Waals surface area contributed by atoms with E-state index in [1.54, 1.807) is 23.1 Å². The fraction of sp³-hybridized carbons (Fsp3) is 0.556. The van der Waals surface area contributed by atoms with Gasteiger partial charge in [0.2, 0.25) is 0 Å². The van der Waals surface area contributed by atoms with Crippen LogP contribution in [0.15, 0.2) is 23.3 Å². The van der Waals surface area contributed by atoms with E-state index in [4.69, 9.17) is 4.74 Å². The van der Waals surface area contributed by atoms with Gasteiger partial charge < -0.3 is 10.1 Å². The summed E-state index contributed by atoms with van der Waals surface area (Å²) in [6, 6.07) is 2.25. The van der Waals surface area contributed by atoms with E-state index < -0.39 is 0 Å². The molecule has 7 heteroatoms. The van der Waals surface area contributed by atoms with Crippen LogP contribution >= 0.6 is 0 Å². The average Bonchev–Trinajstić information content (AvgIpc) is 2.64. The molecule has 2 aromatic rings. The highest BCUT2D eigenvalue weighted by molar-refractivity contribution is 5.39. The van der Waals surface area contributed by atoms with Gasteiger partial charge in [0, 0.05) is 36.5 Å². The van der Waals surface area contributed by atoms with Crippen LogP contribution in [0.1, 0.15) is 48.7 Å². The number of nitrogens with zero attached hydrogens (tertiary/aromatic N) is 4. The first-order chi connectivity index (χ1) is 12.2. The summed E-state index contributed by atoms with van der Waals surface area (Å²) in [6.07, 6.45) is 8.08. The number of fused-ring (bicyclic) bond motifs is 1. The molecule has 3 heterocycles. The molecular formula is C18H23N5O2. The molecule has 1 aliphatic carbocycles. The predicted octanol–water partition coefficient (Wildman–Crippen LogP) is 2.01. The number of aryl methyl sites for hydroxylation is 1. The molecule has 0 radical (unpaired) electrons. The molecule has 1 N–H and O–H groups in total. The van der Waals surface area contributed by atoms with Gasteiger partial charge in [0.25, 0.3) is 5.56 Å². The molecule has 1 saturated carbocycles. The van der Waals surface area contributed by atoms with E-state index in [9.17, 15) is 4.79 Å². The van der Waals surface area contributed by atoms with Crippen molar-refractivity contribution in [3.63, 3.8) is 0 Å². The van der Waals surface area contributed by atoms with Crippen molar-refractivity contribution in [2.24, 2.45) is 0 Å². The van der Waals surface area contributed by atoms with E-state index in [-0.39, 0.29) is 11.6 Å². The topological polar surface area (TPSA) is 81.9 Å². The van der Waals surface area contributed by atoms with Gasteiger partial charge in [-0.2, -0.15) is 5.10 Å². The predicted molar refractivity (Wildman–Crippen MR) is 93.5 cm³/mol. The van der Waals surface area contributed by atoms with Crippen LogP contribution in [-0.2, 0) is 17.8 Å². The Balaban J connectivity index is 1.44. The van der Waals surface area contributed by atoms with Crippen molar-refractivity contribution in [3.05, 3.63) is 45.8 Å². The first-order valence-electron chi connectivity index (χ1n) is 8.94. The van der Waals surface area contributed by atoms with Crippen LogP contribution < -0.4 is 10.9 Å². The summed E-state index contributed by atoms with van der Waals surface area (Å²) >= 11 is 0. The third kappa shape index (κ3) is 3.42. The molecule has 132 valence electrons. The molecule has 2 aliphatic rings. The normalized spacial score (nSPS) is 23.1. The fourth-order valence-corrected chi connectivity index (χ4v) is 3.70. The molecule has 0 atom stereocenters. The van der Waals surface area contributed by atoms with Crippen LogP contribution in [0.25, 0.3) is 0 Å². The summed E-state index contributed by atoms with van der Waals surface area (Å²) in [5, 5.41) is 8.13. The molecule has 0 unspecified atom stereocenters. The van der Waals surface area contributed by atoms with Crippen LogP contribution in [0.4, 0.5) is 5.82 Å². The minimum atomic E-state index is -0.00886. The van der Waals surface area contributed by atoms with Gasteiger partial charge in [-0.3, -0.25) is 9.78 Å². The van der Waals surface area contributed by atoms with Crippen molar-refractivity contribution in [1.29, 1.82) is 0 Å². The van der Waals surface area contributed by atoms with Crippen molar-refractivity contribution in [3.8, 4) is 0 Å². The highest BCUT2D eigenvalue weighted by Gasteiger charge is 2.25. The number of hydrogen-bond acceptors (Lipinski definition) is 6. The van der Waals surface area contributed by atoms with Gasteiger partial charge in [-0.25, -0.2) is 9.67 Å². The molecule has 0 saturated heterocycles. The molecule has 0 aromatic carbocycles. The van der Waals surface area contributed by atoms with Gasteiger partial charge in [0.05, 0.1) is 30.6 Å². The SMILES string of the molecule is Cc1nccnc1NC1CCC(n2nc3c(cc2=O)COCC3)CC1. The smallest absolute Gasteiger partial charge is 0.267 e. The molecule has 0 bridgehead atoms. The van der Waals surface area contributed by atoms with E-state index >= 15 is 0 Å². The summed E-state index contributed by atoms with van der Waals surface area (Å²) in [5.74, 6) is 0.857. The third-order valence-electron chi connectivity index (χ3n) is 5.13. The van der Waals surface area contributed by atoms with Crippen molar-refractivity contribution in [2.75, 3.05) is 11.9 Å². The number of hydrogen-bond donors (Lipinski definition) is 1. The van der Waals surface area contributed by atoms with E-state index in [1.807, 2.05) is 6.92 Å². The second-order valence-electron chi connectivity index (χ2n) is 6.84. The lowest BCUT2D eigenvalue weighted by molar-refractivity contribution is 0.107. The molecular weight excluding hydrogens is 318 g/mol. The maximum atomic E-state index is 12.4. The minimum Gasteiger partial charge on any atom is -0.376 e. The zero-order valence-electron chi connectivity index (χ0n) is 14.4. The minimum absolute atomic E-state index is 0.00886. The second kappa shape index (κ2) is 6.92. The largest absolute Gasteiger partial charge is 0.376 e. The number of anilines is 1. The maximum Gasteiger partial charge on any atom is 0.267 e. The van der Waals surface area contributed by atoms with Crippen LogP contribution in [0.2, 0.25) is 0 Å². The lowest BCUT2D eigenvalue weighted by Crippen LogP contribution is -2.35. The standard InChI is InChI=1S/C18H23N5O2/c1-12-18(20-8-7-19-12)21-14-2-4-15(5-3-14)23-17(24)10-13-11-25-9-6-16(13)22-23/h7-8,10,14-15H,2-6,9,11H2,1H3,(H,20,21). The number of ether oxygens (including phenoxy) is 1. The Hall–Kier alpha value is -2.28. The molecule has 25 heavy (non-hydrogen) atoms. The van der Waals surface area contributed by atoms with E-state index in [0.29, 0.717) is 19.3 Å². The second-order valence-corrected chi connectivity index (χ2v) is 6.84. The summed E-state index contributed by atoms with van der Waals surface area (Å²) in [6.45, 7) is 3.15. The summed E-state index contributed by atoms with van der Waals surface area (Å²) < 4.78 is 7.11. The van der Waals surface area contributed by atoms with Crippen LogP contribution in [0.3, 0.4) is 0 Å². The van der Waals surface area contributed by atoms with Crippen LogP contribution in [-0.4, -0.2) is 32.4 Å². The Morgan fingerprint density at radius 2 is 2.00 bits per heavy atom. The molecule has 0 spiro atoms. The third-order valence-corrected chi connectivity index (χ3v) is 5.13. The van der Waals surface area contributed by atoms with Crippen molar-refractivity contribution in [2.45, 2.75) is 57.7 Å². The van der Waals surface area contributed by atoms with Gasteiger partial charge in [-0.1, -0.05) is 0 Å². The zero-order chi connectivity index (χ0) is 17.2. The first-order valence-corrected chi connectivity index (χ1v) is 8.94. The Labute approximate surface area is 146 Å². The summed E-state index contributed by atoms with van der Waals surface area (Å²) in [5.41, 5.74) is 2.87. The van der Waals surface area contributed by atoms with Crippen molar-refractivity contribution < 1.29 is 4.74 Å². The molecule has 2 aromatic heterocycles. The number of rotatable bonds is 3. The first kappa shape index (κ1) is 16.2. The van der Waals surface area contributed by atoms with Gasteiger partial charge in [0.15, 0.2) is 0 Å².